The Labute approximate surface area is 125 Å². The van der Waals surface area contributed by atoms with Crippen molar-refractivity contribution in [3.05, 3.63) is 53.3 Å². The van der Waals surface area contributed by atoms with E-state index < -0.39 is 5.97 Å². The molecule has 0 aliphatic heterocycles. The lowest BCUT2D eigenvalue weighted by Gasteiger charge is -2.09. The Bertz CT molecular complexity index is 842. The second kappa shape index (κ2) is 5.10. The third-order valence-electron chi connectivity index (χ3n) is 3.26. The summed E-state index contributed by atoms with van der Waals surface area (Å²) in [7, 11) is 1.83. The van der Waals surface area contributed by atoms with Crippen LogP contribution >= 0.6 is 11.6 Å². The van der Waals surface area contributed by atoms with E-state index in [0.717, 1.165) is 16.7 Å². The van der Waals surface area contributed by atoms with Crippen LogP contribution in [0, 0.1) is 0 Å². The summed E-state index contributed by atoms with van der Waals surface area (Å²) in [6.07, 6.45) is 0. The molecule has 0 aliphatic carbocycles. The van der Waals surface area contributed by atoms with Crippen LogP contribution in [0.4, 0.5) is 11.4 Å². The van der Waals surface area contributed by atoms with Crippen molar-refractivity contribution in [3.8, 4) is 0 Å². The number of carbonyl (C=O) groups is 1. The lowest BCUT2D eigenvalue weighted by molar-refractivity contribution is 0.0698. The molecule has 0 amide bonds. The number of nitrogens with one attached hydrogen (secondary N) is 1. The maximum absolute atomic E-state index is 11.2. The highest BCUT2D eigenvalue weighted by Gasteiger charge is 2.10. The van der Waals surface area contributed by atoms with E-state index in [-0.39, 0.29) is 5.56 Å². The number of aryl methyl sites for hydroxylation is 1. The van der Waals surface area contributed by atoms with Gasteiger partial charge in [-0.25, -0.2) is 9.78 Å². The Morgan fingerprint density at radius 2 is 2.05 bits per heavy atom. The highest BCUT2D eigenvalue weighted by Crippen LogP contribution is 2.25. The number of anilines is 2. The van der Waals surface area contributed by atoms with Crippen LogP contribution in [0.15, 0.2) is 42.5 Å². The smallest absolute Gasteiger partial charge is 0.337 e. The predicted molar refractivity (Wildman–Crippen MR) is 82.4 cm³/mol. The van der Waals surface area contributed by atoms with Crippen LogP contribution in [0.2, 0.25) is 5.28 Å². The van der Waals surface area contributed by atoms with E-state index in [1.807, 2.05) is 25.2 Å². The van der Waals surface area contributed by atoms with Crippen LogP contribution < -0.4 is 5.32 Å². The van der Waals surface area contributed by atoms with E-state index in [1.165, 1.54) is 0 Å². The van der Waals surface area contributed by atoms with Gasteiger partial charge in [0, 0.05) is 12.7 Å². The number of carboxylic acid groups (broad SMARTS) is 1. The third-order valence-corrected chi connectivity index (χ3v) is 3.60. The lowest BCUT2D eigenvalue weighted by Crippen LogP contribution is -2.02. The standard InChI is InChI=1S/C15H12ClN3O2/c1-19-13-8-9(6-7-12(13)18-15(19)16)17-11-5-3-2-4-10(11)14(20)21/h2-8,17H,1H3,(H,20,21). The van der Waals surface area contributed by atoms with Gasteiger partial charge in [0.1, 0.15) is 0 Å². The molecule has 21 heavy (non-hydrogen) atoms. The molecule has 2 aromatic carbocycles. The van der Waals surface area contributed by atoms with Gasteiger partial charge in [0.25, 0.3) is 0 Å². The van der Waals surface area contributed by atoms with Crippen LogP contribution in [0.25, 0.3) is 11.0 Å². The fourth-order valence-electron chi connectivity index (χ4n) is 2.17. The summed E-state index contributed by atoms with van der Waals surface area (Å²) in [5.41, 5.74) is 3.20. The predicted octanol–water partition coefficient (Wildman–Crippen LogP) is 3.67. The molecule has 0 aliphatic rings. The van der Waals surface area contributed by atoms with E-state index in [9.17, 15) is 9.90 Å². The highest BCUT2D eigenvalue weighted by molar-refractivity contribution is 6.29. The molecule has 0 spiro atoms. The Morgan fingerprint density at radius 1 is 1.29 bits per heavy atom. The zero-order valence-corrected chi connectivity index (χ0v) is 11.9. The number of nitrogens with zero attached hydrogens (tertiary/aromatic N) is 2. The molecule has 0 saturated heterocycles. The molecule has 6 heteroatoms. The summed E-state index contributed by atoms with van der Waals surface area (Å²) in [4.78, 5) is 15.4. The normalized spacial score (nSPS) is 10.8. The first-order valence-corrected chi connectivity index (χ1v) is 6.65. The van der Waals surface area contributed by atoms with Gasteiger partial charge in [-0.05, 0) is 41.9 Å². The van der Waals surface area contributed by atoms with Crippen LogP contribution in [0.3, 0.4) is 0 Å². The largest absolute Gasteiger partial charge is 0.478 e. The molecule has 3 rings (SSSR count). The molecule has 5 nitrogen and oxygen atoms in total. The lowest BCUT2D eigenvalue weighted by atomic mass is 10.1. The van der Waals surface area contributed by atoms with E-state index in [2.05, 4.69) is 10.3 Å². The number of hydrogen-bond donors (Lipinski definition) is 2. The number of hydrogen-bond acceptors (Lipinski definition) is 3. The fraction of sp³-hybridized carbons (Fsp3) is 0.0667. The summed E-state index contributed by atoms with van der Waals surface area (Å²) >= 11 is 5.99. The first kappa shape index (κ1) is 13.5. The Kier molecular flexibility index (Phi) is 3.27. The van der Waals surface area contributed by atoms with Gasteiger partial charge in [-0.1, -0.05) is 12.1 Å². The van der Waals surface area contributed by atoms with Crippen LogP contribution in [-0.4, -0.2) is 20.6 Å². The molecular formula is C15H12ClN3O2. The Balaban J connectivity index is 2.02. The maximum atomic E-state index is 11.2. The first-order valence-electron chi connectivity index (χ1n) is 6.27. The quantitative estimate of drug-likeness (QED) is 0.774. The second-order valence-corrected chi connectivity index (χ2v) is 4.96. The second-order valence-electron chi connectivity index (χ2n) is 4.62. The van der Waals surface area contributed by atoms with Crippen LogP contribution in [0.5, 0.6) is 0 Å². The van der Waals surface area contributed by atoms with Gasteiger partial charge >= 0.3 is 5.97 Å². The molecule has 0 fully saturated rings. The van der Waals surface area contributed by atoms with Gasteiger partial charge < -0.3 is 15.0 Å². The molecule has 0 atom stereocenters. The molecular weight excluding hydrogens is 290 g/mol. The zero-order valence-electron chi connectivity index (χ0n) is 11.2. The van der Waals surface area contributed by atoms with Crippen molar-refractivity contribution in [2.45, 2.75) is 0 Å². The van der Waals surface area contributed by atoms with Crippen LogP contribution in [-0.2, 0) is 7.05 Å². The number of fused-ring (bicyclic) bond motifs is 1. The van der Waals surface area contributed by atoms with Crippen molar-refractivity contribution >= 4 is 40.0 Å². The molecule has 3 aromatic rings. The van der Waals surface area contributed by atoms with Crippen molar-refractivity contribution in [2.24, 2.45) is 7.05 Å². The SMILES string of the molecule is Cn1c(Cl)nc2ccc(Nc3ccccc3C(=O)O)cc21. The Morgan fingerprint density at radius 3 is 2.81 bits per heavy atom. The van der Waals surface area contributed by atoms with Gasteiger partial charge in [-0.15, -0.1) is 0 Å². The van der Waals surface area contributed by atoms with Crippen molar-refractivity contribution in [2.75, 3.05) is 5.32 Å². The maximum Gasteiger partial charge on any atom is 0.337 e. The van der Waals surface area contributed by atoms with Crippen molar-refractivity contribution < 1.29 is 9.90 Å². The zero-order chi connectivity index (χ0) is 15.0. The Hall–Kier alpha value is -2.53. The summed E-state index contributed by atoms with van der Waals surface area (Å²) < 4.78 is 1.77. The van der Waals surface area contributed by atoms with Crippen molar-refractivity contribution in [1.29, 1.82) is 0 Å². The van der Waals surface area contributed by atoms with E-state index in [1.54, 1.807) is 28.8 Å². The molecule has 1 heterocycles. The summed E-state index contributed by atoms with van der Waals surface area (Å²) in [5.74, 6) is -0.970. The molecule has 0 unspecified atom stereocenters. The van der Waals surface area contributed by atoms with Crippen molar-refractivity contribution in [3.63, 3.8) is 0 Å². The number of halogens is 1. The minimum absolute atomic E-state index is 0.223. The van der Waals surface area contributed by atoms with Gasteiger partial charge in [-0.3, -0.25) is 0 Å². The van der Waals surface area contributed by atoms with E-state index in [4.69, 9.17) is 11.6 Å². The first-order chi connectivity index (χ1) is 10.1. The monoisotopic (exact) mass is 301 g/mol. The summed E-state index contributed by atoms with van der Waals surface area (Å²) in [6, 6.07) is 12.3. The van der Waals surface area contributed by atoms with Gasteiger partial charge in [0.2, 0.25) is 5.28 Å². The number of rotatable bonds is 3. The molecule has 0 radical (unpaired) electrons. The molecule has 106 valence electrons. The van der Waals surface area contributed by atoms with E-state index in [0.29, 0.717) is 11.0 Å². The number of aromatic carboxylic acids is 1. The third kappa shape index (κ3) is 2.43. The van der Waals surface area contributed by atoms with E-state index >= 15 is 0 Å². The summed E-state index contributed by atoms with van der Waals surface area (Å²) in [6.45, 7) is 0. The number of aromatic nitrogens is 2. The topological polar surface area (TPSA) is 67.2 Å². The van der Waals surface area contributed by atoms with Gasteiger partial charge in [0.05, 0.1) is 22.3 Å². The van der Waals surface area contributed by atoms with Crippen molar-refractivity contribution in [1.82, 2.24) is 9.55 Å². The number of carboxylic acids is 1. The molecule has 1 aromatic heterocycles. The minimum Gasteiger partial charge on any atom is -0.478 e. The number of para-hydroxylation sites is 1. The van der Waals surface area contributed by atoms with Gasteiger partial charge in [-0.2, -0.15) is 0 Å². The fourth-order valence-corrected chi connectivity index (χ4v) is 2.35. The van der Waals surface area contributed by atoms with Crippen LogP contribution in [0.1, 0.15) is 10.4 Å². The molecule has 0 bridgehead atoms. The molecule has 0 saturated carbocycles. The molecule has 2 N–H and O–H groups in total. The average Bonchev–Trinajstić information content (AvgIpc) is 2.75. The number of benzene rings is 2. The highest BCUT2D eigenvalue weighted by atomic mass is 35.5. The number of imidazole rings is 1. The summed E-state index contributed by atoms with van der Waals surface area (Å²) in [5, 5.41) is 12.7. The average molecular weight is 302 g/mol. The van der Waals surface area contributed by atoms with Gasteiger partial charge in [0.15, 0.2) is 0 Å². The minimum atomic E-state index is -0.970.